The Labute approximate surface area is 196 Å². The first-order chi connectivity index (χ1) is 15.7. The van der Waals surface area contributed by atoms with Crippen LogP contribution in [0.15, 0.2) is 30.3 Å². The second-order valence-corrected chi connectivity index (χ2v) is 9.19. The summed E-state index contributed by atoms with van der Waals surface area (Å²) in [7, 11) is 0. The van der Waals surface area contributed by atoms with Gasteiger partial charge in [-0.2, -0.15) is 18.2 Å². The molecule has 2 aromatic rings. The maximum atomic E-state index is 13.5. The highest BCUT2D eigenvalue weighted by Gasteiger charge is 2.36. The molecule has 2 aliphatic rings. The van der Waals surface area contributed by atoms with Crippen LogP contribution in [-0.4, -0.2) is 34.7 Å². The van der Waals surface area contributed by atoms with Gasteiger partial charge >= 0.3 is 6.18 Å². The Kier molecular flexibility index (Phi) is 7.02. The molecule has 2 heterocycles. The Morgan fingerprint density at radius 2 is 1.67 bits per heavy atom. The molecule has 0 spiro atoms. The normalized spacial score (nSPS) is 18.2. The van der Waals surface area contributed by atoms with Crippen molar-refractivity contribution in [3.63, 3.8) is 0 Å². The molecule has 5 nitrogen and oxygen atoms in total. The summed E-state index contributed by atoms with van der Waals surface area (Å²) in [6.45, 7) is 1.82. The third-order valence-corrected chi connectivity index (χ3v) is 6.76. The van der Waals surface area contributed by atoms with Gasteiger partial charge in [0.05, 0.1) is 0 Å². The zero-order valence-electron chi connectivity index (χ0n) is 18.2. The second-order valence-electron chi connectivity index (χ2n) is 8.78. The first-order valence-electron chi connectivity index (χ1n) is 11.3. The third-order valence-electron chi connectivity index (χ3n) is 6.51. The van der Waals surface area contributed by atoms with E-state index in [0.29, 0.717) is 19.6 Å². The van der Waals surface area contributed by atoms with Crippen molar-refractivity contribution in [3.05, 3.63) is 47.4 Å². The second kappa shape index (κ2) is 9.79. The number of thiocarbonyl (C=S) groups is 1. The van der Waals surface area contributed by atoms with Crippen LogP contribution in [0, 0.1) is 5.82 Å². The van der Waals surface area contributed by atoms with Crippen LogP contribution in [0.25, 0.3) is 0 Å². The first kappa shape index (κ1) is 23.7. The molecule has 0 bridgehead atoms. The minimum atomic E-state index is -4.59. The fourth-order valence-electron chi connectivity index (χ4n) is 4.74. The molecule has 1 aromatic heterocycles. The van der Waals surface area contributed by atoms with Gasteiger partial charge in [-0.25, -0.2) is 9.37 Å². The van der Waals surface area contributed by atoms with Crippen molar-refractivity contribution in [1.29, 1.82) is 0 Å². The van der Waals surface area contributed by atoms with Gasteiger partial charge < -0.3 is 15.5 Å². The average Bonchev–Trinajstić information content (AvgIpc) is 3.28. The Morgan fingerprint density at radius 3 is 2.30 bits per heavy atom. The zero-order chi connectivity index (χ0) is 23.5. The van der Waals surface area contributed by atoms with Crippen molar-refractivity contribution in [1.82, 2.24) is 15.3 Å². The quantitative estimate of drug-likeness (QED) is 0.439. The van der Waals surface area contributed by atoms with E-state index < -0.39 is 11.9 Å². The van der Waals surface area contributed by atoms with Gasteiger partial charge in [0.2, 0.25) is 5.95 Å². The smallest absolute Gasteiger partial charge is 0.361 e. The van der Waals surface area contributed by atoms with Gasteiger partial charge in [-0.05, 0) is 62.0 Å². The standard InChI is InChI=1S/C23H27F4N5S/c24-17-8-6-16(7-9-17)22(10-2-3-11-22)15-28-21(33)31-20-29-18(23(25,26)27)14-19(30-20)32-12-4-1-5-13-32/h6-9,14H,1-5,10-13,15H2,(H2,28,29,30,31,33). The van der Waals surface area contributed by atoms with E-state index in [-0.39, 0.29) is 28.1 Å². The van der Waals surface area contributed by atoms with E-state index in [4.69, 9.17) is 12.2 Å². The topological polar surface area (TPSA) is 53.1 Å². The lowest BCUT2D eigenvalue weighted by molar-refractivity contribution is -0.141. The highest BCUT2D eigenvalue weighted by molar-refractivity contribution is 7.80. The molecule has 178 valence electrons. The average molecular weight is 482 g/mol. The van der Waals surface area contributed by atoms with E-state index in [0.717, 1.165) is 56.6 Å². The van der Waals surface area contributed by atoms with E-state index in [1.807, 2.05) is 4.90 Å². The number of piperidine rings is 1. The summed E-state index contributed by atoms with van der Waals surface area (Å²) in [5.41, 5.74) is -0.172. The lowest BCUT2D eigenvalue weighted by Gasteiger charge is -2.31. The SMILES string of the molecule is Fc1ccc(C2(CNC(=S)Nc3nc(N4CCCCC4)cc(C(F)(F)F)n3)CCCC2)cc1. The molecule has 4 rings (SSSR count). The molecule has 10 heteroatoms. The van der Waals surface area contributed by atoms with Crippen LogP contribution >= 0.6 is 12.2 Å². The summed E-state index contributed by atoms with van der Waals surface area (Å²) >= 11 is 5.37. The van der Waals surface area contributed by atoms with Crippen molar-refractivity contribution in [2.45, 2.75) is 56.5 Å². The van der Waals surface area contributed by atoms with Gasteiger partial charge in [0.1, 0.15) is 11.6 Å². The fourth-order valence-corrected chi connectivity index (χ4v) is 4.90. The summed E-state index contributed by atoms with van der Waals surface area (Å²) in [5, 5.41) is 6.04. The number of halogens is 4. The van der Waals surface area contributed by atoms with E-state index in [9.17, 15) is 17.6 Å². The highest BCUT2D eigenvalue weighted by atomic mass is 32.1. The molecule has 1 aliphatic heterocycles. The maximum absolute atomic E-state index is 13.5. The fraction of sp³-hybridized carbons (Fsp3) is 0.522. The minimum absolute atomic E-state index is 0.160. The molecule has 0 atom stereocenters. The number of rotatable bonds is 5. The van der Waals surface area contributed by atoms with Crippen molar-refractivity contribution < 1.29 is 17.6 Å². The van der Waals surface area contributed by atoms with E-state index >= 15 is 0 Å². The van der Waals surface area contributed by atoms with Gasteiger partial charge in [-0.1, -0.05) is 25.0 Å². The molecule has 0 amide bonds. The Morgan fingerprint density at radius 1 is 1.00 bits per heavy atom. The molecular weight excluding hydrogens is 454 g/mol. The van der Waals surface area contributed by atoms with Crippen molar-refractivity contribution >= 4 is 29.1 Å². The Balaban J connectivity index is 1.48. The molecule has 1 aliphatic carbocycles. The van der Waals surface area contributed by atoms with Gasteiger partial charge in [-0.15, -0.1) is 0 Å². The number of alkyl halides is 3. The van der Waals surface area contributed by atoms with Gasteiger partial charge in [0.25, 0.3) is 0 Å². The van der Waals surface area contributed by atoms with Crippen LogP contribution in [0.3, 0.4) is 0 Å². The third kappa shape index (κ3) is 5.72. The Hall–Kier alpha value is -2.49. The lowest BCUT2D eigenvalue weighted by Crippen LogP contribution is -2.41. The summed E-state index contributed by atoms with van der Waals surface area (Å²) in [6, 6.07) is 7.48. The molecule has 1 saturated heterocycles. The van der Waals surface area contributed by atoms with Crippen LogP contribution < -0.4 is 15.5 Å². The lowest BCUT2D eigenvalue weighted by atomic mass is 9.79. The number of hydrogen-bond donors (Lipinski definition) is 2. The van der Waals surface area contributed by atoms with E-state index in [1.165, 1.54) is 12.1 Å². The molecule has 33 heavy (non-hydrogen) atoms. The molecule has 2 fully saturated rings. The number of anilines is 2. The van der Waals surface area contributed by atoms with Crippen molar-refractivity contribution in [3.8, 4) is 0 Å². The summed E-state index contributed by atoms with van der Waals surface area (Å²) < 4.78 is 53.8. The molecule has 0 unspecified atom stereocenters. The summed E-state index contributed by atoms with van der Waals surface area (Å²) in [4.78, 5) is 9.82. The minimum Gasteiger partial charge on any atom is -0.361 e. The van der Waals surface area contributed by atoms with Crippen LogP contribution in [0.5, 0.6) is 0 Å². The predicted octanol–water partition coefficient (Wildman–Crippen LogP) is 5.42. The highest BCUT2D eigenvalue weighted by Crippen LogP contribution is 2.40. The van der Waals surface area contributed by atoms with Gasteiger partial charge in [0, 0.05) is 31.1 Å². The van der Waals surface area contributed by atoms with Crippen LogP contribution in [0.4, 0.5) is 29.3 Å². The molecule has 1 saturated carbocycles. The summed E-state index contributed by atoms with van der Waals surface area (Å²) in [5.74, 6) is -0.214. The van der Waals surface area contributed by atoms with Gasteiger partial charge in [-0.3, -0.25) is 0 Å². The van der Waals surface area contributed by atoms with Crippen LogP contribution in [0.1, 0.15) is 56.2 Å². The number of benzene rings is 1. The van der Waals surface area contributed by atoms with E-state index in [2.05, 4.69) is 20.6 Å². The summed E-state index contributed by atoms with van der Waals surface area (Å²) in [6.07, 6.45) is 2.25. The van der Waals surface area contributed by atoms with E-state index in [1.54, 1.807) is 12.1 Å². The largest absolute Gasteiger partial charge is 0.433 e. The molecule has 0 radical (unpaired) electrons. The zero-order valence-corrected chi connectivity index (χ0v) is 19.0. The number of nitrogens with zero attached hydrogens (tertiary/aromatic N) is 3. The first-order valence-corrected chi connectivity index (χ1v) is 11.7. The number of aromatic nitrogens is 2. The number of nitrogens with one attached hydrogen (secondary N) is 2. The molecule has 2 N–H and O–H groups in total. The van der Waals surface area contributed by atoms with Crippen LogP contribution in [0.2, 0.25) is 0 Å². The number of hydrogen-bond acceptors (Lipinski definition) is 4. The van der Waals surface area contributed by atoms with Crippen molar-refractivity contribution in [2.75, 3.05) is 29.9 Å². The van der Waals surface area contributed by atoms with Gasteiger partial charge in [0.15, 0.2) is 10.8 Å². The molecule has 1 aromatic carbocycles. The monoisotopic (exact) mass is 481 g/mol. The maximum Gasteiger partial charge on any atom is 0.433 e. The van der Waals surface area contributed by atoms with Crippen LogP contribution in [-0.2, 0) is 11.6 Å². The Bertz CT molecular complexity index is 968. The molecular formula is C23H27F4N5S. The predicted molar refractivity (Wildman–Crippen MR) is 124 cm³/mol. The van der Waals surface area contributed by atoms with Crippen molar-refractivity contribution in [2.24, 2.45) is 0 Å².